The number of allylic oxidation sites excluding steroid dienone is 4. The molecule has 2 atom stereocenters. The van der Waals surface area contributed by atoms with Crippen molar-refractivity contribution in [3.8, 4) is 0 Å². The van der Waals surface area contributed by atoms with Gasteiger partial charge in [0.15, 0.2) is 6.10 Å². The van der Waals surface area contributed by atoms with Gasteiger partial charge in [-0.05, 0) is 59.0 Å². The molecule has 1 N–H and O–H groups in total. The van der Waals surface area contributed by atoms with E-state index < -0.39 is 26.5 Å². The van der Waals surface area contributed by atoms with Crippen LogP contribution in [-0.4, -0.2) is 68.3 Å². The van der Waals surface area contributed by atoms with E-state index in [0.717, 1.165) is 57.8 Å². The first-order valence-electron chi connectivity index (χ1n) is 20.1. The summed E-state index contributed by atoms with van der Waals surface area (Å²) in [6.45, 7) is 4.27. The first kappa shape index (κ1) is 48.5. The van der Waals surface area contributed by atoms with E-state index in [1.165, 1.54) is 83.5 Å². The first-order chi connectivity index (χ1) is 24.2. The van der Waals surface area contributed by atoms with Gasteiger partial charge in [0.2, 0.25) is 0 Å². The lowest BCUT2D eigenvalue weighted by Crippen LogP contribution is -2.29. The molecule has 0 aromatic carbocycles. The third kappa shape index (κ3) is 36.3. The van der Waals surface area contributed by atoms with Crippen LogP contribution in [0.5, 0.6) is 0 Å². The van der Waals surface area contributed by atoms with Crippen molar-refractivity contribution in [1.29, 1.82) is 0 Å². The normalized spacial score (nSPS) is 13.7. The molecule has 0 heterocycles. The molecule has 0 bridgehead atoms. The summed E-state index contributed by atoms with van der Waals surface area (Å²) in [5.41, 5.74) is 0. The van der Waals surface area contributed by atoms with E-state index in [-0.39, 0.29) is 32.0 Å². The van der Waals surface area contributed by atoms with Crippen LogP contribution in [0, 0.1) is 0 Å². The molecule has 0 rings (SSSR count). The molecule has 0 aromatic heterocycles. The zero-order chi connectivity index (χ0) is 37.0. The number of unbranched alkanes of at least 4 members (excludes halogenated alkanes) is 19. The van der Waals surface area contributed by atoms with Crippen molar-refractivity contribution in [2.45, 2.75) is 180 Å². The predicted octanol–water partition coefficient (Wildman–Crippen LogP) is 11.0. The number of hydrogen-bond donors (Lipinski definition) is 1. The van der Waals surface area contributed by atoms with Gasteiger partial charge in [0.1, 0.15) is 6.61 Å². The molecule has 10 heteroatoms. The zero-order valence-corrected chi connectivity index (χ0v) is 33.5. The van der Waals surface area contributed by atoms with E-state index in [1.54, 1.807) is 0 Å². The Labute approximate surface area is 306 Å². The minimum absolute atomic E-state index is 0.00604. The summed E-state index contributed by atoms with van der Waals surface area (Å²) in [6.07, 6.45) is 35.0. The molecule has 0 amide bonds. The van der Waals surface area contributed by atoms with Gasteiger partial charge < -0.3 is 19.3 Å². The fourth-order valence-corrected chi connectivity index (χ4v) is 6.11. The summed E-state index contributed by atoms with van der Waals surface area (Å²) in [7, 11) is -0.714. The molecular weight excluding hydrogens is 653 g/mol. The molecule has 0 fully saturated rings. The van der Waals surface area contributed by atoms with Crippen molar-refractivity contribution in [2.24, 2.45) is 0 Å². The van der Waals surface area contributed by atoms with Crippen molar-refractivity contribution < 1.29 is 37.6 Å². The van der Waals surface area contributed by atoms with Crippen LogP contribution in [0.25, 0.3) is 0 Å². The van der Waals surface area contributed by atoms with Gasteiger partial charge in [-0.1, -0.05) is 141 Å². The Morgan fingerprint density at radius 3 is 1.62 bits per heavy atom. The Hall–Kier alpha value is -1.51. The van der Waals surface area contributed by atoms with Gasteiger partial charge in [-0.25, -0.2) is 4.57 Å². The highest BCUT2D eigenvalue weighted by atomic mass is 31.2. The van der Waals surface area contributed by atoms with Gasteiger partial charge in [0.05, 0.1) is 13.2 Å². The van der Waals surface area contributed by atoms with Crippen LogP contribution in [0.15, 0.2) is 24.3 Å². The number of phosphoric ester groups is 1. The second kappa shape index (κ2) is 35.9. The number of ether oxygens (including phenoxy) is 2. The summed E-state index contributed by atoms with van der Waals surface area (Å²) >= 11 is 0. The highest BCUT2D eigenvalue weighted by Crippen LogP contribution is 2.43. The molecule has 0 spiro atoms. The maximum absolute atomic E-state index is 12.6. The average Bonchev–Trinajstić information content (AvgIpc) is 3.08. The van der Waals surface area contributed by atoms with Crippen LogP contribution >= 0.6 is 7.82 Å². The topological polar surface area (TPSA) is 112 Å². The second-order valence-corrected chi connectivity index (χ2v) is 15.3. The molecule has 0 aliphatic carbocycles. The van der Waals surface area contributed by atoms with Crippen LogP contribution < -0.4 is 0 Å². The Balaban J connectivity index is 4.36. The SMILES string of the molecule is CCCCC/C=C\C/C=C\CCCCCCCC(=O)OC(COC(=O)CCCCCCCCCCCCCC)COP(=O)(O)OCCN(C)C. The second-order valence-electron chi connectivity index (χ2n) is 13.8. The van der Waals surface area contributed by atoms with E-state index in [4.69, 9.17) is 18.5 Å². The number of carbonyl (C=O) groups excluding carboxylic acids is 2. The van der Waals surface area contributed by atoms with E-state index >= 15 is 0 Å². The molecule has 0 saturated heterocycles. The van der Waals surface area contributed by atoms with Crippen LogP contribution in [0.3, 0.4) is 0 Å². The molecule has 9 nitrogen and oxygen atoms in total. The van der Waals surface area contributed by atoms with Gasteiger partial charge in [0, 0.05) is 19.4 Å². The standard InChI is InChI=1S/C40H76NO8P/c1-5-7-9-11-13-15-17-19-20-21-23-25-27-29-31-33-40(43)49-38(37-48-50(44,45)47-35-34-41(3)4)36-46-39(42)32-30-28-26-24-22-18-16-14-12-10-8-6-2/h13,15,19-20,38H,5-12,14,16-18,21-37H2,1-4H3,(H,44,45)/b15-13-,20-19-. The van der Waals surface area contributed by atoms with Crippen molar-refractivity contribution in [2.75, 3.05) is 40.5 Å². The summed E-state index contributed by atoms with van der Waals surface area (Å²) in [4.78, 5) is 36.9. The number of carbonyl (C=O) groups is 2. The lowest BCUT2D eigenvalue weighted by Gasteiger charge is -2.20. The van der Waals surface area contributed by atoms with E-state index in [0.29, 0.717) is 13.0 Å². The minimum atomic E-state index is -4.36. The highest BCUT2D eigenvalue weighted by molar-refractivity contribution is 7.47. The fraction of sp³-hybridized carbons (Fsp3) is 0.850. The molecule has 2 unspecified atom stereocenters. The van der Waals surface area contributed by atoms with Gasteiger partial charge >= 0.3 is 19.8 Å². The van der Waals surface area contributed by atoms with Crippen LogP contribution in [-0.2, 0) is 32.7 Å². The molecule has 0 radical (unpaired) electrons. The van der Waals surface area contributed by atoms with Crippen LogP contribution in [0.2, 0.25) is 0 Å². The number of nitrogens with zero attached hydrogens (tertiary/aromatic N) is 1. The van der Waals surface area contributed by atoms with Gasteiger partial charge in [-0.2, -0.15) is 0 Å². The smallest absolute Gasteiger partial charge is 0.462 e. The Morgan fingerprint density at radius 1 is 0.620 bits per heavy atom. The number of hydrogen-bond acceptors (Lipinski definition) is 8. The van der Waals surface area contributed by atoms with Crippen molar-refractivity contribution >= 4 is 19.8 Å². The summed E-state index contributed by atoms with van der Waals surface area (Å²) < 4.78 is 33.4. The predicted molar refractivity (Wildman–Crippen MR) is 206 cm³/mol. The van der Waals surface area contributed by atoms with Crippen LogP contribution in [0.1, 0.15) is 174 Å². The van der Waals surface area contributed by atoms with Gasteiger partial charge in [0.25, 0.3) is 0 Å². The highest BCUT2D eigenvalue weighted by Gasteiger charge is 2.26. The minimum Gasteiger partial charge on any atom is -0.462 e. The quantitative estimate of drug-likeness (QED) is 0.0289. The van der Waals surface area contributed by atoms with Crippen LogP contribution in [0.4, 0.5) is 0 Å². The maximum atomic E-state index is 12.6. The number of esters is 2. The number of phosphoric acid groups is 1. The van der Waals surface area contributed by atoms with E-state index in [9.17, 15) is 19.0 Å². The lowest BCUT2D eigenvalue weighted by atomic mass is 10.0. The van der Waals surface area contributed by atoms with Crippen molar-refractivity contribution in [1.82, 2.24) is 4.90 Å². The molecule has 294 valence electrons. The molecule has 0 aromatic rings. The summed E-state index contributed by atoms with van der Waals surface area (Å²) in [5.74, 6) is -0.816. The molecule has 0 aliphatic heterocycles. The Kier molecular flexibility index (Phi) is 34.8. The Morgan fingerprint density at radius 2 is 1.08 bits per heavy atom. The molecular formula is C40H76NO8P. The summed E-state index contributed by atoms with van der Waals surface area (Å²) in [5, 5.41) is 0. The summed E-state index contributed by atoms with van der Waals surface area (Å²) in [6, 6.07) is 0. The van der Waals surface area contributed by atoms with Gasteiger partial charge in [-0.3, -0.25) is 18.6 Å². The van der Waals surface area contributed by atoms with E-state index in [1.807, 2.05) is 19.0 Å². The monoisotopic (exact) mass is 730 g/mol. The average molecular weight is 730 g/mol. The number of likely N-dealkylation sites (N-methyl/N-ethyl adjacent to an activating group) is 1. The molecule has 50 heavy (non-hydrogen) atoms. The third-order valence-electron chi connectivity index (χ3n) is 8.51. The maximum Gasteiger partial charge on any atom is 0.472 e. The fourth-order valence-electron chi connectivity index (χ4n) is 5.36. The Bertz CT molecular complexity index is 895. The number of rotatable bonds is 37. The zero-order valence-electron chi connectivity index (χ0n) is 32.6. The lowest BCUT2D eigenvalue weighted by molar-refractivity contribution is -0.161. The molecule has 0 saturated carbocycles. The van der Waals surface area contributed by atoms with Crippen molar-refractivity contribution in [3.63, 3.8) is 0 Å². The first-order valence-corrected chi connectivity index (χ1v) is 21.6. The van der Waals surface area contributed by atoms with Gasteiger partial charge in [-0.15, -0.1) is 0 Å². The van der Waals surface area contributed by atoms with Crippen molar-refractivity contribution in [3.05, 3.63) is 24.3 Å². The van der Waals surface area contributed by atoms with E-state index in [2.05, 4.69) is 38.2 Å². The largest absolute Gasteiger partial charge is 0.472 e. The molecule has 0 aliphatic rings. The third-order valence-corrected chi connectivity index (χ3v) is 9.50.